The van der Waals surface area contributed by atoms with Crippen LogP contribution < -0.4 is 5.32 Å². The first-order valence-electron chi connectivity index (χ1n) is 12.8. The van der Waals surface area contributed by atoms with Crippen LogP contribution in [0.3, 0.4) is 0 Å². The fourth-order valence-corrected chi connectivity index (χ4v) is 6.89. The van der Waals surface area contributed by atoms with Crippen molar-refractivity contribution < 1.29 is 28.7 Å². The summed E-state index contributed by atoms with van der Waals surface area (Å²) in [7, 11) is 0. The molecule has 1 saturated heterocycles. The number of amides is 2. The molecular formula is C30H28N2O6S2. The van der Waals surface area contributed by atoms with Crippen LogP contribution in [0.15, 0.2) is 89.4 Å². The van der Waals surface area contributed by atoms with Gasteiger partial charge in [0.1, 0.15) is 23.7 Å². The van der Waals surface area contributed by atoms with Crippen LogP contribution in [0.1, 0.15) is 36.0 Å². The molecular weight excluding hydrogens is 548 g/mol. The lowest BCUT2D eigenvalue weighted by molar-refractivity contribution is -0.155. The average Bonchev–Trinajstić information content (AvgIpc) is 3.47. The van der Waals surface area contributed by atoms with Gasteiger partial charge in [0, 0.05) is 22.6 Å². The molecule has 206 valence electrons. The van der Waals surface area contributed by atoms with E-state index in [0.29, 0.717) is 5.57 Å². The molecule has 3 atom stereocenters. The van der Waals surface area contributed by atoms with Gasteiger partial charge in [0.05, 0.1) is 6.42 Å². The molecule has 1 aromatic heterocycles. The third kappa shape index (κ3) is 5.83. The van der Waals surface area contributed by atoms with Crippen molar-refractivity contribution in [2.24, 2.45) is 0 Å². The van der Waals surface area contributed by atoms with E-state index in [2.05, 4.69) is 5.32 Å². The number of rotatable bonds is 9. The Morgan fingerprint density at radius 2 is 1.62 bits per heavy atom. The molecule has 0 aliphatic carbocycles. The summed E-state index contributed by atoms with van der Waals surface area (Å²) in [5.41, 5.74) is 2.08. The predicted molar refractivity (Wildman–Crippen MR) is 152 cm³/mol. The zero-order chi connectivity index (χ0) is 28.2. The second-order valence-electron chi connectivity index (χ2n) is 9.44. The topological polar surface area (TPSA) is 102 Å². The maximum absolute atomic E-state index is 13.9. The number of benzene rings is 2. The van der Waals surface area contributed by atoms with E-state index in [9.17, 15) is 19.2 Å². The second-order valence-corrected chi connectivity index (χ2v) is 11.9. The number of fused-ring (bicyclic) bond motifs is 1. The van der Waals surface area contributed by atoms with Crippen LogP contribution in [0, 0.1) is 0 Å². The normalized spacial score (nSPS) is 20.0. The maximum atomic E-state index is 13.9. The van der Waals surface area contributed by atoms with Crippen LogP contribution in [0.5, 0.6) is 0 Å². The van der Waals surface area contributed by atoms with Crippen LogP contribution in [0.2, 0.25) is 0 Å². The summed E-state index contributed by atoms with van der Waals surface area (Å²) in [5.74, 6) is -1.87. The number of carbonyl (C=O) groups excluding carboxylic acids is 4. The molecule has 10 heteroatoms. The number of thioether (sulfide) groups is 1. The lowest BCUT2D eigenvalue weighted by atomic mass is 9.99. The van der Waals surface area contributed by atoms with E-state index in [0.717, 1.165) is 16.0 Å². The monoisotopic (exact) mass is 576 g/mol. The van der Waals surface area contributed by atoms with E-state index in [-0.39, 0.29) is 29.9 Å². The lowest BCUT2D eigenvalue weighted by Gasteiger charge is -2.51. The number of thiophene rings is 1. The van der Waals surface area contributed by atoms with Gasteiger partial charge in [-0.25, -0.2) is 4.79 Å². The molecule has 3 heterocycles. The number of hydrogen-bond acceptors (Lipinski definition) is 8. The van der Waals surface area contributed by atoms with Crippen LogP contribution in [0.4, 0.5) is 0 Å². The highest BCUT2D eigenvalue weighted by Crippen LogP contribution is 2.45. The molecule has 5 rings (SSSR count). The molecule has 3 aromatic rings. The van der Waals surface area contributed by atoms with E-state index in [1.165, 1.54) is 34.9 Å². The third-order valence-corrected chi connectivity index (χ3v) is 9.04. The van der Waals surface area contributed by atoms with Crippen molar-refractivity contribution in [1.82, 2.24) is 10.2 Å². The van der Waals surface area contributed by atoms with Crippen molar-refractivity contribution >= 4 is 46.9 Å². The van der Waals surface area contributed by atoms with Gasteiger partial charge in [0.25, 0.3) is 5.91 Å². The molecule has 1 fully saturated rings. The highest BCUT2D eigenvalue weighted by Gasteiger charge is 2.56. The fraction of sp³-hybridized carbons (Fsp3) is 0.267. The summed E-state index contributed by atoms with van der Waals surface area (Å²) in [4.78, 5) is 53.9. The van der Waals surface area contributed by atoms with Gasteiger partial charge in [-0.2, -0.15) is 0 Å². The quantitative estimate of drug-likeness (QED) is 0.301. The Balaban J connectivity index is 1.43. The molecule has 1 N–H and O–H groups in total. The second kappa shape index (κ2) is 12.1. The van der Waals surface area contributed by atoms with E-state index < -0.39 is 35.4 Å². The number of nitrogens with zero attached hydrogens (tertiary/aromatic N) is 1. The Bertz CT molecular complexity index is 1390. The zero-order valence-electron chi connectivity index (χ0n) is 21.9. The molecule has 0 radical (unpaired) electrons. The Labute approximate surface area is 240 Å². The van der Waals surface area contributed by atoms with Gasteiger partial charge in [-0.3, -0.25) is 19.3 Å². The maximum Gasteiger partial charge on any atom is 0.356 e. The summed E-state index contributed by atoms with van der Waals surface area (Å²) in [6.45, 7) is 3.02. The van der Waals surface area contributed by atoms with Crippen molar-refractivity contribution in [1.29, 1.82) is 0 Å². The molecule has 2 aliphatic heterocycles. The van der Waals surface area contributed by atoms with Gasteiger partial charge in [0.15, 0.2) is 6.10 Å². The SMILES string of the molecule is CC(=O)OCC1=C(C(=O)OC(c2ccccc2)c2ccccc2)N2C(=O)C(NC(=O)Cc3cccs3)[C@H]2S[C@H]1C. The van der Waals surface area contributed by atoms with Gasteiger partial charge >= 0.3 is 11.9 Å². The van der Waals surface area contributed by atoms with Crippen molar-refractivity contribution in [3.8, 4) is 0 Å². The number of esters is 2. The van der Waals surface area contributed by atoms with Gasteiger partial charge in [0.2, 0.25) is 5.91 Å². The smallest absolute Gasteiger partial charge is 0.356 e. The Kier molecular flexibility index (Phi) is 8.37. The van der Waals surface area contributed by atoms with Gasteiger partial charge < -0.3 is 14.8 Å². The first kappa shape index (κ1) is 27.7. The van der Waals surface area contributed by atoms with Crippen LogP contribution >= 0.6 is 23.1 Å². The third-order valence-electron chi connectivity index (χ3n) is 6.71. The van der Waals surface area contributed by atoms with Crippen molar-refractivity contribution in [3.05, 3.63) is 105 Å². The molecule has 2 aliphatic rings. The van der Waals surface area contributed by atoms with Crippen molar-refractivity contribution in [2.45, 2.75) is 43.0 Å². The molecule has 2 aromatic carbocycles. The summed E-state index contributed by atoms with van der Waals surface area (Å²) in [5, 5.41) is 3.96. The number of nitrogens with one attached hydrogen (secondary N) is 1. The average molecular weight is 577 g/mol. The highest BCUT2D eigenvalue weighted by molar-refractivity contribution is 8.00. The standard InChI is InChI=1S/C30H28N2O6S2/c1-18-23(17-37-19(2)33)26(30(36)38-27(20-10-5-3-6-11-20)21-12-7-4-8-13-21)32-28(35)25(29(32)40-18)31-24(34)16-22-14-9-15-39-22/h3-15,18,25,27,29H,16-17H2,1-2H3,(H,31,34)/t18-,25?,29+/m0/s1. The number of hydrogen-bond donors (Lipinski definition) is 1. The Morgan fingerprint density at radius 1 is 0.975 bits per heavy atom. The largest absolute Gasteiger partial charge is 0.461 e. The number of carbonyl (C=O) groups is 4. The van der Waals surface area contributed by atoms with E-state index in [1.807, 2.05) is 85.1 Å². The van der Waals surface area contributed by atoms with Crippen LogP contribution in [-0.4, -0.2) is 51.9 Å². The minimum Gasteiger partial charge on any atom is -0.461 e. The molecule has 40 heavy (non-hydrogen) atoms. The highest BCUT2D eigenvalue weighted by atomic mass is 32.2. The molecule has 8 nitrogen and oxygen atoms in total. The Hall–Kier alpha value is -3.89. The van der Waals surface area contributed by atoms with E-state index in [4.69, 9.17) is 9.47 Å². The van der Waals surface area contributed by atoms with Gasteiger partial charge in [-0.05, 0) is 29.5 Å². The first-order chi connectivity index (χ1) is 19.3. The number of β-lactam (4-membered cyclic amide) rings is 1. The van der Waals surface area contributed by atoms with Crippen LogP contribution in [0.25, 0.3) is 0 Å². The Morgan fingerprint density at radius 3 is 2.20 bits per heavy atom. The summed E-state index contributed by atoms with van der Waals surface area (Å²) >= 11 is 2.90. The zero-order valence-corrected chi connectivity index (χ0v) is 23.6. The summed E-state index contributed by atoms with van der Waals surface area (Å²) in [6.07, 6.45) is -0.550. The molecule has 0 saturated carbocycles. The lowest BCUT2D eigenvalue weighted by Crippen LogP contribution is -2.71. The number of ether oxygens (including phenoxy) is 2. The van der Waals surface area contributed by atoms with Crippen molar-refractivity contribution in [3.63, 3.8) is 0 Å². The molecule has 1 unspecified atom stereocenters. The predicted octanol–water partition coefficient (Wildman–Crippen LogP) is 4.23. The minimum absolute atomic E-state index is 0.0584. The van der Waals surface area contributed by atoms with Gasteiger partial charge in [-0.1, -0.05) is 66.7 Å². The molecule has 0 bridgehead atoms. The summed E-state index contributed by atoms with van der Waals surface area (Å²) in [6, 6.07) is 21.6. The van der Waals surface area contributed by atoms with E-state index >= 15 is 0 Å². The van der Waals surface area contributed by atoms with Crippen molar-refractivity contribution in [2.75, 3.05) is 6.61 Å². The molecule has 2 amide bonds. The van der Waals surface area contributed by atoms with E-state index in [1.54, 1.807) is 0 Å². The fourth-order valence-electron chi connectivity index (χ4n) is 4.75. The summed E-state index contributed by atoms with van der Waals surface area (Å²) < 4.78 is 11.4. The molecule has 0 spiro atoms. The van der Waals surface area contributed by atoms with Crippen LogP contribution in [-0.2, 0) is 35.1 Å². The minimum atomic E-state index is -0.781. The first-order valence-corrected chi connectivity index (χ1v) is 14.6. The van der Waals surface area contributed by atoms with Gasteiger partial charge in [-0.15, -0.1) is 23.1 Å².